The summed E-state index contributed by atoms with van der Waals surface area (Å²) < 4.78 is 0. The number of amides is 1. The number of halogens is 1. The Balaban J connectivity index is 2.60. The molecule has 1 saturated carbocycles. The first-order valence-corrected chi connectivity index (χ1v) is 6.66. The van der Waals surface area contributed by atoms with E-state index >= 15 is 0 Å². The molecule has 0 aromatic carbocycles. The number of rotatable bonds is 3. The molecule has 0 atom stereocenters. The second kappa shape index (κ2) is 5.74. The maximum atomic E-state index is 11.7. The van der Waals surface area contributed by atoms with Crippen molar-refractivity contribution in [3.63, 3.8) is 0 Å². The third-order valence-corrected chi connectivity index (χ3v) is 3.41. The minimum atomic E-state index is 0.242. The first-order chi connectivity index (χ1) is 6.66. The highest BCUT2D eigenvalue weighted by Crippen LogP contribution is 2.24. The Morgan fingerprint density at radius 2 is 1.93 bits per heavy atom. The topological polar surface area (TPSA) is 20.3 Å². The second-order valence-electron chi connectivity index (χ2n) is 4.32. The number of hydrogen-bond acceptors (Lipinski definition) is 1. The lowest BCUT2D eigenvalue weighted by Gasteiger charge is -2.37. The minimum absolute atomic E-state index is 0.242. The number of hydrogen-bond donors (Lipinski definition) is 0. The van der Waals surface area contributed by atoms with Gasteiger partial charge in [0.15, 0.2) is 0 Å². The molecule has 1 aliphatic rings. The minimum Gasteiger partial charge on any atom is -0.337 e. The molecule has 0 saturated heterocycles. The van der Waals surface area contributed by atoms with Crippen molar-refractivity contribution in [1.29, 1.82) is 0 Å². The van der Waals surface area contributed by atoms with E-state index in [9.17, 15) is 4.79 Å². The Kier molecular flexibility index (Phi) is 4.93. The summed E-state index contributed by atoms with van der Waals surface area (Å²) >= 11 is 3.26. The molecule has 1 amide bonds. The van der Waals surface area contributed by atoms with Crippen molar-refractivity contribution in [2.24, 2.45) is 0 Å². The van der Waals surface area contributed by atoms with Gasteiger partial charge in [-0.2, -0.15) is 0 Å². The number of carbonyl (C=O) groups is 1. The molecule has 0 unspecified atom stereocenters. The molecular weight excluding hydrogens is 242 g/mol. The van der Waals surface area contributed by atoms with Crippen LogP contribution < -0.4 is 0 Å². The van der Waals surface area contributed by atoms with Crippen LogP contribution in [0.3, 0.4) is 0 Å². The quantitative estimate of drug-likeness (QED) is 0.716. The maximum absolute atomic E-state index is 11.7. The summed E-state index contributed by atoms with van der Waals surface area (Å²) in [6, 6.07) is 0.831. The van der Waals surface area contributed by atoms with E-state index < -0.39 is 0 Å². The van der Waals surface area contributed by atoms with Crippen LogP contribution in [-0.2, 0) is 4.79 Å². The molecule has 0 aromatic rings. The molecule has 14 heavy (non-hydrogen) atoms. The Bertz CT molecular complexity index is 188. The van der Waals surface area contributed by atoms with Crippen LogP contribution >= 0.6 is 15.9 Å². The van der Waals surface area contributed by atoms with Gasteiger partial charge >= 0.3 is 0 Å². The van der Waals surface area contributed by atoms with Gasteiger partial charge in [0.1, 0.15) is 0 Å². The predicted molar refractivity (Wildman–Crippen MR) is 62.6 cm³/mol. The van der Waals surface area contributed by atoms with Crippen molar-refractivity contribution < 1.29 is 4.79 Å². The summed E-state index contributed by atoms with van der Waals surface area (Å²) in [6.45, 7) is 4.21. The van der Waals surface area contributed by atoms with Crippen molar-refractivity contribution in [3.8, 4) is 0 Å². The summed E-state index contributed by atoms with van der Waals surface area (Å²) in [6.07, 6.45) is 6.28. The zero-order valence-corrected chi connectivity index (χ0v) is 10.7. The normalized spacial score (nSPS) is 18.6. The fraction of sp³-hybridized carbons (Fsp3) is 0.909. The van der Waals surface area contributed by atoms with Gasteiger partial charge in [0.2, 0.25) is 5.91 Å². The fourth-order valence-corrected chi connectivity index (χ4v) is 2.63. The van der Waals surface area contributed by atoms with Crippen molar-refractivity contribution in [1.82, 2.24) is 4.90 Å². The summed E-state index contributed by atoms with van der Waals surface area (Å²) in [5, 5.41) is 0.460. The lowest BCUT2D eigenvalue weighted by atomic mass is 9.93. The van der Waals surface area contributed by atoms with Gasteiger partial charge in [0.25, 0.3) is 0 Å². The molecule has 1 fully saturated rings. The molecular formula is C11H20BrNO. The molecule has 2 nitrogen and oxygen atoms in total. The number of alkyl halides is 1. The molecule has 1 aliphatic carbocycles. The first kappa shape index (κ1) is 12.0. The molecule has 0 aliphatic heterocycles. The zero-order chi connectivity index (χ0) is 10.6. The lowest BCUT2D eigenvalue weighted by Crippen LogP contribution is -2.46. The Hall–Kier alpha value is -0.0500. The second-order valence-corrected chi connectivity index (χ2v) is 4.88. The van der Waals surface area contributed by atoms with E-state index in [0.29, 0.717) is 17.4 Å². The summed E-state index contributed by atoms with van der Waals surface area (Å²) in [7, 11) is 0. The molecule has 0 radical (unpaired) electrons. The van der Waals surface area contributed by atoms with Gasteiger partial charge in [-0.05, 0) is 26.7 Å². The van der Waals surface area contributed by atoms with Crippen molar-refractivity contribution in [2.45, 2.75) is 58.0 Å². The summed E-state index contributed by atoms with van der Waals surface area (Å²) in [4.78, 5) is 13.8. The van der Waals surface area contributed by atoms with E-state index in [-0.39, 0.29) is 5.91 Å². The van der Waals surface area contributed by atoms with Crippen molar-refractivity contribution >= 4 is 21.8 Å². The fourth-order valence-electron chi connectivity index (χ4n) is 2.34. The van der Waals surface area contributed by atoms with Gasteiger partial charge in [0.05, 0.1) is 5.33 Å². The van der Waals surface area contributed by atoms with E-state index in [1.165, 1.54) is 32.1 Å². The molecule has 3 heteroatoms. The number of nitrogens with zero attached hydrogens (tertiary/aromatic N) is 1. The van der Waals surface area contributed by atoms with Crippen LogP contribution in [0.4, 0.5) is 0 Å². The van der Waals surface area contributed by atoms with Crippen LogP contribution in [0.15, 0.2) is 0 Å². The van der Waals surface area contributed by atoms with E-state index in [1.807, 2.05) is 0 Å². The summed E-state index contributed by atoms with van der Waals surface area (Å²) in [5.74, 6) is 0.242. The molecule has 0 bridgehead atoms. The molecule has 1 rings (SSSR count). The highest BCUT2D eigenvalue weighted by atomic mass is 79.9. The smallest absolute Gasteiger partial charge is 0.233 e. The molecule has 0 N–H and O–H groups in total. The van der Waals surface area contributed by atoms with E-state index in [2.05, 4.69) is 34.7 Å². The Morgan fingerprint density at radius 3 is 2.36 bits per heavy atom. The predicted octanol–water partition coefficient (Wildman–Crippen LogP) is 2.95. The van der Waals surface area contributed by atoms with Crippen molar-refractivity contribution in [3.05, 3.63) is 0 Å². The Labute approximate surface area is 95.2 Å². The lowest BCUT2D eigenvalue weighted by molar-refractivity contribution is -0.133. The zero-order valence-electron chi connectivity index (χ0n) is 9.13. The summed E-state index contributed by atoms with van der Waals surface area (Å²) in [5.41, 5.74) is 0. The van der Waals surface area contributed by atoms with Crippen LogP contribution in [0.2, 0.25) is 0 Å². The highest BCUT2D eigenvalue weighted by Gasteiger charge is 2.26. The molecule has 0 heterocycles. The first-order valence-electron chi connectivity index (χ1n) is 5.54. The van der Waals surface area contributed by atoms with Gasteiger partial charge in [-0.25, -0.2) is 0 Å². The SMILES string of the molecule is CC(C)N(C(=O)CBr)C1CCCCC1. The maximum Gasteiger partial charge on any atom is 0.233 e. The van der Waals surface area contributed by atoms with E-state index in [0.717, 1.165) is 0 Å². The third-order valence-electron chi connectivity index (χ3n) is 2.93. The molecule has 0 spiro atoms. The van der Waals surface area contributed by atoms with Crippen molar-refractivity contribution in [2.75, 3.05) is 5.33 Å². The highest BCUT2D eigenvalue weighted by molar-refractivity contribution is 9.09. The average Bonchev–Trinajstić information content (AvgIpc) is 2.19. The standard InChI is InChI=1S/C11H20BrNO/c1-9(2)13(11(14)8-12)10-6-4-3-5-7-10/h9-10H,3-8H2,1-2H3. The van der Waals surface area contributed by atoms with E-state index in [1.54, 1.807) is 0 Å². The van der Waals surface area contributed by atoms with Crippen LogP contribution in [0.5, 0.6) is 0 Å². The van der Waals surface area contributed by atoms with Crippen LogP contribution in [0, 0.1) is 0 Å². The van der Waals surface area contributed by atoms with Crippen LogP contribution in [0.25, 0.3) is 0 Å². The molecule has 82 valence electrons. The van der Waals surface area contributed by atoms with E-state index in [4.69, 9.17) is 0 Å². The average molecular weight is 262 g/mol. The number of carbonyl (C=O) groups excluding carboxylic acids is 1. The van der Waals surface area contributed by atoms with Crippen LogP contribution in [-0.4, -0.2) is 28.2 Å². The van der Waals surface area contributed by atoms with Gasteiger partial charge in [0, 0.05) is 12.1 Å². The Morgan fingerprint density at radius 1 is 1.36 bits per heavy atom. The third kappa shape index (κ3) is 2.97. The van der Waals surface area contributed by atoms with Gasteiger partial charge in [-0.1, -0.05) is 35.2 Å². The largest absolute Gasteiger partial charge is 0.337 e. The van der Waals surface area contributed by atoms with Gasteiger partial charge < -0.3 is 4.90 Å². The van der Waals surface area contributed by atoms with Gasteiger partial charge in [-0.15, -0.1) is 0 Å². The molecule has 0 aromatic heterocycles. The monoisotopic (exact) mass is 261 g/mol. The van der Waals surface area contributed by atoms with Crippen LogP contribution in [0.1, 0.15) is 46.0 Å². The van der Waals surface area contributed by atoms with Gasteiger partial charge in [-0.3, -0.25) is 4.79 Å².